The predicted octanol–water partition coefficient (Wildman–Crippen LogP) is 3.86. The van der Waals surface area contributed by atoms with E-state index in [0.717, 1.165) is 11.3 Å². The van der Waals surface area contributed by atoms with E-state index in [9.17, 15) is 10.1 Å². The molecule has 0 N–H and O–H groups in total. The number of ether oxygens (including phenoxy) is 1. The first kappa shape index (κ1) is 19.9. The van der Waals surface area contributed by atoms with Gasteiger partial charge in [-0.05, 0) is 30.7 Å². The lowest BCUT2D eigenvalue weighted by atomic mass is 10.2. The zero-order valence-corrected chi connectivity index (χ0v) is 16.6. The van der Waals surface area contributed by atoms with Gasteiger partial charge in [0.1, 0.15) is 24.8 Å². The Morgan fingerprint density at radius 3 is 2.93 bits per heavy atom. The van der Waals surface area contributed by atoms with Crippen LogP contribution in [0.2, 0.25) is 5.02 Å². The van der Waals surface area contributed by atoms with Gasteiger partial charge >= 0.3 is 5.69 Å². The normalized spacial score (nSPS) is 10.8. The summed E-state index contributed by atoms with van der Waals surface area (Å²) >= 11 is 7.33. The minimum Gasteiger partial charge on any atom is -0.485 e. The number of halogens is 1. The second-order valence-electron chi connectivity index (χ2n) is 5.77. The van der Waals surface area contributed by atoms with Crippen LogP contribution < -0.4 is 4.74 Å². The predicted molar refractivity (Wildman–Crippen MR) is 105 cm³/mol. The van der Waals surface area contributed by atoms with Gasteiger partial charge < -0.3 is 4.74 Å². The van der Waals surface area contributed by atoms with Crippen LogP contribution in [0.15, 0.2) is 48.4 Å². The van der Waals surface area contributed by atoms with Gasteiger partial charge in [-0.2, -0.15) is 5.10 Å². The first-order valence-corrected chi connectivity index (χ1v) is 9.56. The SMILES string of the molecule is C=CCn1c(COc2ccc(Cl)cc2C)nnc1SCn1cc([N+](=O)[O-])cn1. The molecule has 0 amide bonds. The van der Waals surface area contributed by atoms with Crippen LogP contribution in [-0.4, -0.2) is 29.5 Å². The smallest absolute Gasteiger partial charge is 0.307 e. The van der Waals surface area contributed by atoms with Gasteiger partial charge in [0.15, 0.2) is 11.0 Å². The minimum absolute atomic E-state index is 0.0550. The summed E-state index contributed by atoms with van der Waals surface area (Å²) < 4.78 is 9.20. The second-order valence-corrected chi connectivity index (χ2v) is 7.11. The first-order chi connectivity index (χ1) is 13.5. The maximum absolute atomic E-state index is 10.7. The van der Waals surface area contributed by atoms with Crippen LogP contribution in [0.3, 0.4) is 0 Å². The largest absolute Gasteiger partial charge is 0.485 e. The molecule has 28 heavy (non-hydrogen) atoms. The topological polar surface area (TPSA) is 101 Å². The Labute approximate surface area is 170 Å². The van der Waals surface area contributed by atoms with Crippen molar-refractivity contribution in [3.8, 4) is 5.75 Å². The average molecular weight is 421 g/mol. The molecule has 11 heteroatoms. The van der Waals surface area contributed by atoms with Crippen LogP contribution in [0.5, 0.6) is 5.75 Å². The lowest BCUT2D eigenvalue weighted by Crippen LogP contribution is -2.08. The summed E-state index contributed by atoms with van der Waals surface area (Å²) in [6.07, 6.45) is 4.32. The Kier molecular flexibility index (Phi) is 6.32. The molecular formula is C17H17ClN6O3S. The molecule has 0 unspecified atom stereocenters. The fourth-order valence-corrected chi connectivity index (χ4v) is 3.45. The van der Waals surface area contributed by atoms with E-state index in [-0.39, 0.29) is 12.3 Å². The van der Waals surface area contributed by atoms with Crippen molar-refractivity contribution in [2.45, 2.75) is 31.1 Å². The first-order valence-electron chi connectivity index (χ1n) is 8.19. The number of nitrogens with zero attached hydrogens (tertiary/aromatic N) is 6. The van der Waals surface area contributed by atoms with Crippen LogP contribution in [0, 0.1) is 17.0 Å². The Morgan fingerprint density at radius 2 is 2.25 bits per heavy atom. The highest BCUT2D eigenvalue weighted by Gasteiger charge is 2.14. The van der Waals surface area contributed by atoms with Crippen molar-refractivity contribution in [2.24, 2.45) is 0 Å². The number of benzene rings is 1. The lowest BCUT2D eigenvalue weighted by Gasteiger charge is -2.11. The molecule has 0 atom stereocenters. The fourth-order valence-electron chi connectivity index (χ4n) is 2.40. The molecule has 0 saturated heterocycles. The van der Waals surface area contributed by atoms with Gasteiger partial charge in [-0.1, -0.05) is 29.4 Å². The van der Waals surface area contributed by atoms with E-state index in [0.29, 0.717) is 28.4 Å². The third kappa shape index (κ3) is 4.70. The van der Waals surface area contributed by atoms with Crippen molar-refractivity contribution in [1.29, 1.82) is 0 Å². The zero-order chi connectivity index (χ0) is 20.1. The number of nitro groups is 1. The molecule has 0 bridgehead atoms. The molecule has 0 radical (unpaired) electrons. The highest BCUT2D eigenvalue weighted by molar-refractivity contribution is 7.98. The van der Waals surface area contributed by atoms with E-state index in [2.05, 4.69) is 21.9 Å². The number of hydrogen-bond acceptors (Lipinski definition) is 7. The molecule has 3 aromatic rings. The van der Waals surface area contributed by atoms with E-state index in [4.69, 9.17) is 16.3 Å². The molecular weight excluding hydrogens is 404 g/mol. The van der Waals surface area contributed by atoms with E-state index in [1.807, 2.05) is 23.6 Å². The Hall–Kier alpha value is -2.85. The second kappa shape index (κ2) is 8.89. The Morgan fingerprint density at radius 1 is 1.43 bits per heavy atom. The molecule has 0 aliphatic heterocycles. The van der Waals surface area contributed by atoms with E-state index < -0.39 is 4.92 Å². The van der Waals surface area contributed by atoms with Crippen LogP contribution in [0.4, 0.5) is 5.69 Å². The summed E-state index contributed by atoms with van der Waals surface area (Å²) in [5.41, 5.74) is 0.873. The molecule has 0 spiro atoms. The minimum atomic E-state index is -0.484. The highest BCUT2D eigenvalue weighted by Crippen LogP contribution is 2.24. The van der Waals surface area contributed by atoms with Gasteiger partial charge in [0.25, 0.3) is 0 Å². The van der Waals surface area contributed by atoms with Gasteiger partial charge in [0.2, 0.25) is 0 Å². The quantitative estimate of drug-likeness (QED) is 0.224. The summed E-state index contributed by atoms with van der Waals surface area (Å²) in [5.74, 6) is 1.72. The number of aryl methyl sites for hydroxylation is 1. The number of hydrogen-bond donors (Lipinski definition) is 0. The van der Waals surface area contributed by atoms with E-state index >= 15 is 0 Å². The summed E-state index contributed by atoms with van der Waals surface area (Å²) in [7, 11) is 0. The van der Waals surface area contributed by atoms with E-state index in [1.165, 1.54) is 28.8 Å². The average Bonchev–Trinajstić information content (AvgIpc) is 3.27. The highest BCUT2D eigenvalue weighted by atomic mass is 35.5. The van der Waals surface area contributed by atoms with Gasteiger partial charge in [-0.3, -0.25) is 19.4 Å². The summed E-state index contributed by atoms with van der Waals surface area (Å²) in [6.45, 7) is 6.42. The van der Waals surface area contributed by atoms with Crippen molar-refractivity contribution in [3.63, 3.8) is 0 Å². The monoisotopic (exact) mass is 420 g/mol. The molecule has 2 heterocycles. The van der Waals surface area contributed by atoms with Crippen molar-refractivity contribution in [3.05, 3.63) is 69.8 Å². The zero-order valence-electron chi connectivity index (χ0n) is 15.0. The van der Waals surface area contributed by atoms with Crippen molar-refractivity contribution < 1.29 is 9.66 Å². The maximum atomic E-state index is 10.7. The molecule has 3 rings (SSSR count). The third-order valence-electron chi connectivity index (χ3n) is 3.76. The molecule has 1 aromatic carbocycles. The van der Waals surface area contributed by atoms with Crippen LogP contribution in [-0.2, 0) is 19.0 Å². The molecule has 0 fully saturated rings. The molecule has 146 valence electrons. The van der Waals surface area contributed by atoms with E-state index in [1.54, 1.807) is 12.1 Å². The van der Waals surface area contributed by atoms with Gasteiger partial charge in [-0.25, -0.2) is 0 Å². The summed E-state index contributed by atoms with van der Waals surface area (Å²) in [4.78, 5) is 10.3. The lowest BCUT2D eigenvalue weighted by molar-refractivity contribution is -0.385. The Bertz CT molecular complexity index is 1000. The van der Waals surface area contributed by atoms with Crippen molar-refractivity contribution in [2.75, 3.05) is 0 Å². The van der Waals surface area contributed by atoms with Gasteiger partial charge in [0, 0.05) is 11.6 Å². The van der Waals surface area contributed by atoms with Gasteiger partial charge in [-0.15, -0.1) is 16.8 Å². The molecule has 0 aliphatic carbocycles. The maximum Gasteiger partial charge on any atom is 0.307 e. The standard InChI is InChI=1S/C17H17ClN6O3S/c1-3-6-23-16(10-27-15-5-4-13(18)7-12(15)2)20-21-17(23)28-11-22-9-14(8-19-22)24(25)26/h3-5,7-9H,1,6,10-11H2,2H3. The van der Waals surface area contributed by atoms with Crippen molar-refractivity contribution >= 4 is 29.1 Å². The number of allylic oxidation sites excluding steroid dienone is 1. The van der Waals surface area contributed by atoms with Crippen LogP contribution >= 0.6 is 23.4 Å². The summed E-state index contributed by atoms with van der Waals surface area (Å²) in [6, 6.07) is 5.41. The van der Waals surface area contributed by atoms with Crippen molar-refractivity contribution in [1.82, 2.24) is 24.5 Å². The van der Waals surface area contributed by atoms with Gasteiger partial charge in [0.05, 0.1) is 10.8 Å². The molecule has 2 aromatic heterocycles. The molecule has 9 nitrogen and oxygen atoms in total. The third-order valence-corrected chi connectivity index (χ3v) is 4.94. The Balaban J connectivity index is 1.69. The summed E-state index contributed by atoms with van der Waals surface area (Å²) in [5, 5.41) is 24.4. The number of rotatable bonds is 9. The number of thioether (sulfide) groups is 1. The van der Waals surface area contributed by atoms with Crippen LogP contribution in [0.25, 0.3) is 0 Å². The molecule has 0 saturated carbocycles. The number of aromatic nitrogens is 5. The molecule has 0 aliphatic rings. The fraction of sp³-hybridized carbons (Fsp3) is 0.235. The van der Waals surface area contributed by atoms with Crippen LogP contribution in [0.1, 0.15) is 11.4 Å².